The Balaban J connectivity index is 1.69. The number of carbonyl (C=O) groups is 2. The zero-order valence-corrected chi connectivity index (χ0v) is 21.1. The van der Waals surface area contributed by atoms with Crippen LogP contribution < -0.4 is 5.32 Å². The number of carboxylic acids is 1. The molecule has 0 radical (unpaired) electrons. The quantitative estimate of drug-likeness (QED) is 0.195. The third kappa shape index (κ3) is 13.0. The lowest BCUT2D eigenvalue weighted by Gasteiger charge is -2.20. The highest BCUT2D eigenvalue weighted by Crippen LogP contribution is 2.12. The van der Waals surface area contributed by atoms with E-state index >= 15 is 0 Å². The molecule has 0 fully saturated rings. The first-order valence-corrected chi connectivity index (χ1v) is 12.9. The van der Waals surface area contributed by atoms with Gasteiger partial charge in [-0.2, -0.15) is 5.06 Å². The molecule has 35 heavy (non-hydrogen) atoms. The van der Waals surface area contributed by atoms with Crippen molar-refractivity contribution in [3.05, 3.63) is 65.5 Å². The van der Waals surface area contributed by atoms with Crippen molar-refractivity contribution in [1.82, 2.24) is 15.4 Å². The predicted octanol–water partition coefficient (Wildman–Crippen LogP) is 5.75. The van der Waals surface area contributed by atoms with Gasteiger partial charge < -0.3 is 10.4 Å². The van der Waals surface area contributed by atoms with E-state index in [2.05, 4.69) is 17.2 Å². The van der Waals surface area contributed by atoms with E-state index in [4.69, 9.17) is 9.94 Å². The minimum Gasteiger partial charge on any atom is -0.479 e. The van der Waals surface area contributed by atoms with Crippen LogP contribution >= 0.6 is 0 Å². The average Bonchev–Trinajstić information content (AvgIpc) is 2.86. The Kier molecular flexibility index (Phi) is 14.3. The molecule has 0 bridgehead atoms. The second kappa shape index (κ2) is 17.6. The molecule has 0 aliphatic heterocycles. The summed E-state index contributed by atoms with van der Waals surface area (Å²) in [6.07, 6.45) is 14.4. The summed E-state index contributed by atoms with van der Waals surface area (Å²) in [5, 5.41) is 13.5. The van der Waals surface area contributed by atoms with Crippen LogP contribution in [0, 0.1) is 0 Å². The summed E-state index contributed by atoms with van der Waals surface area (Å²) in [7, 11) is 0. The van der Waals surface area contributed by atoms with Crippen LogP contribution in [0.25, 0.3) is 0 Å². The van der Waals surface area contributed by atoms with Gasteiger partial charge in [0, 0.05) is 24.8 Å². The number of nitrogens with zero attached hydrogens (tertiary/aromatic N) is 2. The smallest absolute Gasteiger partial charge is 0.331 e. The first-order valence-electron chi connectivity index (χ1n) is 12.9. The van der Waals surface area contributed by atoms with Crippen LogP contribution in [0.2, 0.25) is 0 Å². The van der Waals surface area contributed by atoms with E-state index < -0.39 is 12.6 Å². The summed E-state index contributed by atoms with van der Waals surface area (Å²) in [4.78, 5) is 33.1. The molecule has 0 spiro atoms. The van der Waals surface area contributed by atoms with Gasteiger partial charge in [-0.15, -0.1) is 0 Å². The van der Waals surface area contributed by atoms with Crippen molar-refractivity contribution in [2.75, 3.05) is 13.2 Å². The van der Waals surface area contributed by atoms with E-state index in [1.165, 1.54) is 51.4 Å². The molecule has 1 aromatic carbocycles. The van der Waals surface area contributed by atoms with Gasteiger partial charge in [0.15, 0.2) is 6.61 Å². The van der Waals surface area contributed by atoms with Crippen LogP contribution in [-0.4, -0.2) is 40.2 Å². The summed E-state index contributed by atoms with van der Waals surface area (Å²) in [5.74, 6) is -1.11. The minimum atomic E-state index is -1.04. The van der Waals surface area contributed by atoms with Crippen molar-refractivity contribution in [3.8, 4) is 0 Å². The Morgan fingerprint density at radius 1 is 0.886 bits per heavy atom. The number of hydrogen-bond acceptors (Lipinski definition) is 5. The first kappa shape index (κ1) is 28.5. The van der Waals surface area contributed by atoms with Crippen molar-refractivity contribution in [2.24, 2.45) is 0 Å². The topological polar surface area (TPSA) is 91.8 Å². The van der Waals surface area contributed by atoms with Gasteiger partial charge in [0.25, 0.3) is 5.91 Å². The van der Waals surface area contributed by atoms with Crippen LogP contribution in [0.4, 0.5) is 0 Å². The molecule has 0 saturated carbocycles. The van der Waals surface area contributed by atoms with Crippen molar-refractivity contribution in [3.63, 3.8) is 0 Å². The number of aromatic nitrogens is 1. The molecule has 1 amide bonds. The van der Waals surface area contributed by atoms with Crippen molar-refractivity contribution in [2.45, 2.75) is 84.2 Å². The second-order valence-corrected chi connectivity index (χ2v) is 8.92. The number of carboxylic acid groups (broad SMARTS) is 1. The molecule has 2 rings (SSSR count). The van der Waals surface area contributed by atoms with Gasteiger partial charge in [-0.25, -0.2) is 4.79 Å². The minimum absolute atomic E-state index is 0.0695. The lowest BCUT2D eigenvalue weighted by atomic mass is 10.1. The van der Waals surface area contributed by atoms with E-state index in [9.17, 15) is 9.59 Å². The van der Waals surface area contributed by atoms with Crippen LogP contribution in [0.15, 0.2) is 48.7 Å². The lowest BCUT2D eigenvalue weighted by Crippen LogP contribution is -2.27. The highest BCUT2D eigenvalue weighted by Gasteiger charge is 2.12. The average molecular weight is 484 g/mol. The molecule has 192 valence electrons. The third-order valence-corrected chi connectivity index (χ3v) is 5.83. The normalized spacial score (nSPS) is 11.0. The number of carbonyl (C=O) groups excluding carboxylic acids is 1. The van der Waals surface area contributed by atoms with Crippen LogP contribution in [0.3, 0.4) is 0 Å². The number of hydroxylamine groups is 2. The third-order valence-electron chi connectivity index (χ3n) is 5.83. The van der Waals surface area contributed by atoms with Crippen LogP contribution in [-0.2, 0) is 22.7 Å². The molecule has 1 heterocycles. The van der Waals surface area contributed by atoms with E-state index in [1.54, 1.807) is 23.4 Å². The molecule has 0 aliphatic rings. The number of nitrogens with one attached hydrogen (secondary N) is 1. The SMILES string of the molecule is CCCCCCCCCCCCNC(=O)c1ccc(CN(Cc2ccccn2)OCC(=O)O)cc1. The Labute approximate surface area is 209 Å². The van der Waals surface area contributed by atoms with Gasteiger partial charge >= 0.3 is 5.97 Å². The molecule has 0 saturated heterocycles. The van der Waals surface area contributed by atoms with Gasteiger partial charge in [0.2, 0.25) is 0 Å². The second-order valence-electron chi connectivity index (χ2n) is 8.92. The molecule has 2 aromatic rings. The summed E-state index contributed by atoms with van der Waals surface area (Å²) in [5.41, 5.74) is 2.31. The maximum absolute atomic E-state index is 12.4. The van der Waals surface area contributed by atoms with E-state index in [0.717, 1.165) is 24.1 Å². The van der Waals surface area contributed by atoms with Crippen molar-refractivity contribution < 1.29 is 19.5 Å². The molecule has 0 atom stereocenters. The standard InChI is InChI=1S/C28H41N3O4/c1-2-3-4-5-6-7-8-9-10-12-20-30-28(34)25-17-15-24(16-18-25)21-31(35-23-27(32)33)22-26-14-11-13-19-29-26/h11,13-19H,2-10,12,20-23H2,1H3,(H,30,34)(H,32,33). The molecule has 7 nitrogen and oxygen atoms in total. The van der Waals surface area contributed by atoms with Gasteiger partial charge in [-0.1, -0.05) is 82.9 Å². The van der Waals surface area contributed by atoms with Crippen molar-refractivity contribution >= 4 is 11.9 Å². The Hall–Kier alpha value is -2.77. The molecular weight excluding hydrogens is 442 g/mol. The summed E-state index contributed by atoms with van der Waals surface area (Å²) < 4.78 is 0. The van der Waals surface area contributed by atoms with E-state index in [1.807, 2.05) is 30.3 Å². The predicted molar refractivity (Wildman–Crippen MR) is 138 cm³/mol. The Morgan fingerprint density at radius 2 is 1.54 bits per heavy atom. The monoisotopic (exact) mass is 483 g/mol. The summed E-state index contributed by atoms with van der Waals surface area (Å²) in [6.45, 7) is 3.25. The first-order chi connectivity index (χ1) is 17.1. The Bertz CT molecular complexity index is 843. The number of amides is 1. The molecule has 7 heteroatoms. The zero-order valence-electron chi connectivity index (χ0n) is 21.1. The number of pyridine rings is 1. The summed E-state index contributed by atoms with van der Waals surface area (Å²) in [6, 6.07) is 12.9. The van der Waals surface area contributed by atoms with Gasteiger partial charge in [-0.3, -0.25) is 14.6 Å². The highest BCUT2D eigenvalue weighted by atomic mass is 16.7. The van der Waals surface area contributed by atoms with Gasteiger partial charge in [0.05, 0.1) is 12.2 Å². The Morgan fingerprint density at radius 3 is 2.14 bits per heavy atom. The number of rotatable bonds is 19. The highest BCUT2D eigenvalue weighted by molar-refractivity contribution is 5.94. The number of benzene rings is 1. The number of hydrogen-bond donors (Lipinski definition) is 2. The fourth-order valence-electron chi connectivity index (χ4n) is 3.85. The van der Waals surface area contributed by atoms with Gasteiger partial charge in [0.1, 0.15) is 0 Å². The van der Waals surface area contributed by atoms with Crippen LogP contribution in [0.5, 0.6) is 0 Å². The largest absolute Gasteiger partial charge is 0.479 e. The fraction of sp³-hybridized carbons (Fsp3) is 0.536. The number of unbranched alkanes of at least 4 members (excludes halogenated alkanes) is 9. The maximum Gasteiger partial charge on any atom is 0.331 e. The molecule has 0 unspecified atom stereocenters. The van der Waals surface area contributed by atoms with Crippen LogP contribution in [0.1, 0.15) is 92.7 Å². The number of aliphatic carboxylic acids is 1. The maximum atomic E-state index is 12.4. The molecule has 2 N–H and O–H groups in total. The van der Waals surface area contributed by atoms with E-state index in [0.29, 0.717) is 25.2 Å². The zero-order chi connectivity index (χ0) is 25.1. The molecular formula is C28H41N3O4. The van der Waals surface area contributed by atoms with E-state index in [-0.39, 0.29) is 5.91 Å². The lowest BCUT2D eigenvalue weighted by molar-refractivity contribution is -0.190. The fourth-order valence-corrected chi connectivity index (χ4v) is 3.85. The van der Waals surface area contributed by atoms with Crippen molar-refractivity contribution in [1.29, 1.82) is 0 Å². The molecule has 0 aliphatic carbocycles. The molecule has 1 aromatic heterocycles. The summed E-state index contributed by atoms with van der Waals surface area (Å²) >= 11 is 0. The van der Waals surface area contributed by atoms with Gasteiger partial charge in [-0.05, 0) is 36.2 Å².